The number of hydrogen-bond acceptors (Lipinski definition) is 3. The van der Waals surface area contributed by atoms with Gasteiger partial charge in [-0.2, -0.15) is 0 Å². The predicted octanol–water partition coefficient (Wildman–Crippen LogP) is 3.40. The highest BCUT2D eigenvalue weighted by Gasteiger charge is 2.14. The van der Waals surface area contributed by atoms with Crippen molar-refractivity contribution >= 4 is 28.5 Å². The fourth-order valence-electron chi connectivity index (χ4n) is 3.00. The smallest absolute Gasteiger partial charge is 0.244 e. The van der Waals surface area contributed by atoms with Crippen LogP contribution < -0.4 is 10.6 Å². The number of amides is 2. The number of fused-ring (bicyclic) bond motifs is 1. The van der Waals surface area contributed by atoms with Crippen LogP contribution in [0.3, 0.4) is 0 Å². The number of carbonyl (C=O) groups excluding carboxylic acids is 2. The van der Waals surface area contributed by atoms with Crippen molar-refractivity contribution in [2.75, 3.05) is 5.32 Å². The van der Waals surface area contributed by atoms with Gasteiger partial charge in [0.05, 0.1) is 17.6 Å². The third-order valence-electron chi connectivity index (χ3n) is 4.26. The van der Waals surface area contributed by atoms with Crippen LogP contribution in [0.1, 0.15) is 31.2 Å². The Morgan fingerprint density at radius 3 is 2.67 bits per heavy atom. The average Bonchev–Trinajstić information content (AvgIpc) is 2.98. The first-order valence-corrected chi connectivity index (χ1v) is 9.14. The van der Waals surface area contributed by atoms with Crippen LogP contribution in [0.5, 0.6) is 0 Å². The lowest BCUT2D eigenvalue weighted by Gasteiger charge is -2.11. The molecule has 0 aliphatic rings. The van der Waals surface area contributed by atoms with Gasteiger partial charge in [0.1, 0.15) is 12.4 Å². The Kier molecular flexibility index (Phi) is 5.86. The molecule has 3 aromatic rings. The maximum atomic E-state index is 12.6. The van der Waals surface area contributed by atoms with Gasteiger partial charge in [-0.3, -0.25) is 9.59 Å². The summed E-state index contributed by atoms with van der Waals surface area (Å²) >= 11 is 0. The Bertz CT molecular complexity index is 962. The molecule has 0 saturated carbocycles. The van der Waals surface area contributed by atoms with Crippen LogP contribution in [-0.4, -0.2) is 21.4 Å². The molecule has 2 aromatic carbocycles. The van der Waals surface area contributed by atoms with Crippen molar-refractivity contribution in [3.8, 4) is 0 Å². The lowest BCUT2D eigenvalue weighted by molar-refractivity contribution is -0.121. The summed E-state index contributed by atoms with van der Waals surface area (Å²) in [7, 11) is 0. The van der Waals surface area contributed by atoms with E-state index in [0.29, 0.717) is 18.8 Å². The third-order valence-corrected chi connectivity index (χ3v) is 4.26. The normalized spacial score (nSPS) is 10.7. The third kappa shape index (κ3) is 4.73. The fourth-order valence-corrected chi connectivity index (χ4v) is 3.00. The Labute approximate surface area is 158 Å². The van der Waals surface area contributed by atoms with Gasteiger partial charge < -0.3 is 15.2 Å². The van der Waals surface area contributed by atoms with E-state index >= 15 is 0 Å². The Balaban J connectivity index is 1.80. The summed E-state index contributed by atoms with van der Waals surface area (Å²) < 4.78 is 1.85. The zero-order valence-corrected chi connectivity index (χ0v) is 15.7. The van der Waals surface area contributed by atoms with Crippen molar-refractivity contribution in [2.45, 2.75) is 39.8 Å². The second kappa shape index (κ2) is 8.49. The number of hydrogen-bond donors (Lipinski definition) is 2. The van der Waals surface area contributed by atoms with Crippen LogP contribution in [0.25, 0.3) is 11.0 Å². The number of anilines is 1. The summed E-state index contributed by atoms with van der Waals surface area (Å²) in [5, 5.41) is 5.80. The van der Waals surface area contributed by atoms with Crippen LogP contribution in [0.15, 0.2) is 48.5 Å². The molecule has 0 fully saturated rings. The minimum absolute atomic E-state index is 0.0136. The van der Waals surface area contributed by atoms with E-state index < -0.39 is 0 Å². The maximum absolute atomic E-state index is 12.6. The quantitative estimate of drug-likeness (QED) is 0.675. The van der Waals surface area contributed by atoms with E-state index in [9.17, 15) is 9.59 Å². The summed E-state index contributed by atoms with van der Waals surface area (Å²) in [5.41, 5.74) is 3.53. The molecule has 2 amide bonds. The number of carbonyl (C=O) groups is 2. The molecule has 0 aliphatic carbocycles. The second-order valence-electron chi connectivity index (χ2n) is 6.55. The number of imidazole rings is 1. The summed E-state index contributed by atoms with van der Waals surface area (Å²) in [5.74, 6) is 0.519. The molecule has 1 heterocycles. The van der Waals surface area contributed by atoms with E-state index in [-0.39, 0.29) is 18.4 Å². The standard InChI is InChI=1S/C21H24N4O2/c1-3-7-20(26)22-13-19-24-17-10-4-5-11-18(17)25(19)14-21(27)23-16-9-6-8-15(2)12-16/h4-6,8-12H,3,7,13-14H2,1-2H3,(H,22,26)(H,23,27). The van der Waals surface area contributed by atoms with Gasteiger partial charge in [0.25, 0.3) is 0 Å². The van der Waals surface area contributed by atoms with Crippen LogP contribution in [0, 0.1) is 6.92 Å². The number of para-hydroxylation sites is 2. The first kappa shape index (κ1) is 18.6. The van der Waals surface area contributed by atoms with E-state index in [1.807, 2.05) is 66.9 Å². The minimum Gasteiger partial charge on any atom is -0.349 e. The highest BCUT2D eigenvalue weighted by Crippen LogP contribution is 2.17. The predicted molar refractivity (Wildman–Crippen MR) is 106 cm³/mol. The minimum atomic E-state index is -0.134. The van der Waals surface area contributed by atoms with Gasteiger partial charge in [-0.25, -0.2) is 4.98 Å². The highest BCUT2D eigenvalue weighted by atomic mass is 16.2. The summed E-state index contributed by atoms with van der Waals surface area (Å²) in [6.07, 6.45) is 1.27. The summed E-state index contributed by atoms with van der Waals surface area (Å²) in [4.78, 5) is 29.0. The van der Waals surface area contributed by atoms with E-state index in [1.54, 1.807) is 0 Å². The van der Waals surface area contributed by atoms with Gasteiger partial charge >= 0.3 is 0 Å². The molecule has 0 saturated heterocycles. The number of rotatable bonds is 7. The van der Waals surface area contributed by atoms with Crippen molar-refractivity contribution in [1.82, 2.24) is 14.9 Å². The molecular formula is C21H24N4O2. The van der Waals surface area contributed by atoms with Crippen LogP contribution >= 0.6 is 0 Å². The fraction of sp³-hybridized carbons (Fsp3) is 0.286. The van der Waals surface area contributed by atoms with Gasteiger partial charge in [0.15, 0.2) is 0 Å². The van der Waals surface area contributed by atoms with Gasteiger partial charge in [0.2, 0.25) is 11.8 Å². The SMILES string of the molecule is CCCC(=O)NCc1nc2ccccc2n1CC(=O)Nc1cccc(C)c1. The number of benzene rings is 2. The Hall–Kier alpha value is -3.15. The number of nitrogens with one attached hydrogen (secondary N) is 2. The first-order chi connectivity index (χ1) is 13.1. The topological polar surface area (TPSA) is 76.0 Å². The molecule has 0 bridgehead atoms. The molecule has 2 N–H and O–H groups in total. The molecule has 6 heteroatoms. The van der Waals surface area contributed by atoms with Crippen LogP contribution in [0.2, 0.25) is 0 Å². The lowest BCUT2D eigenvalue weighted by Crippen LogP contribution is -2.26. The molecule has 0 radical (unpaired) electrons. The van der Waals surface area contributed by atoms with Crippen molar-refractivity contribution in [1.29, 1.82) is 0 Å². The zero-order valence-electron chi connectivity index (χ0n) is 15.7. The van der Waals surface area contributed by atoms with Crippen LogP contribution in [-0.2, 0) is 22.7 Å². The van der Waals surface area contributed by atoms with Crippen molar-refractivity contribution < 1.29 is 9.59 Å². The molecule has 0 unspecified atom stereocenters. The lowest BCUT2D eigenvalue weighted by atomic mass is 10.2. The molecular weight excluding hydrogens is 340 g/mol. The van der Waals surface area contributed by atoms with Crippen molar-refractivity contribution in [3.05, 3.63) is 59.9 Å². The maximum Gasteiger partial charge on any atom is 0.244 e. The van der Waals surface area contributed by atoms with Crippen molar-refractivity contribution in [3.63, 3.8) is 0 Å². The van der Waals surface area contributed by atoms with Gasteiger partial charge in [-0.05, 0) is 43.2 Å². The molecule has 3 rings (SSSR count). The Morgan fingerprint density at radius 1 is 1.07 bits per heavy atom. The number of aryl methyl sites for hydroxylation is 1. The molecule has 140 valence electrons. The van der Waals surface area contributed by atoms with Crippen LogP contribution in [0.4, 0.5) is 5.69 Å². The van der Waals surface area contributed by atoms with E-state index in [1.165, 1.54) is 0 Å². The Morgan fingerprint density at radius 2 is 1.89 bits per heavy atom. The largest absolute Gasteiger partial charge is 0.349 e. The highest BCUT2D eigenvalue weighted by molar-refractivity contribution is 5.91. The summed E-state index contributed by atoms with van der Waals surface area (Å²) in [6, 6.07) is 15.3. The first-order valence-electron chi connectivity index (χ1n) is 9.14. The average molecular weight is 364 g/mol. The van der Waals surface area contributed by atoms with Gasteiger partial charge in [-0.1, -0.05) is 31.2 Å². The summed E-state index contributed by atoms with van der Waals surface area (Å²) in [6.45, 7) is 4.37. The monoisotopic (exact) mass is 364 g/mol. The molecule has 0 spiro atoms. The number of aromatic nitrogens is 2. The van der Waals surface area contributed by atoms with E-state index in [0.717, 1.165) is 28.7 Å². The van der Waals surface area contributed by atoms with E-state index in [2.05, 4.69) is 15.6 Å². The zero-order chi connectivity index (χ0) is 19.2. The molecule has 6 nitrogen and oxygen atoms in total. The van der Waals surface area contributed by atoms with E-state index in [4.69, 9.17) is 0 Å². The molecule has 27 heavy (non-hydrogen) atoms. The molecule has 1 aromatic heterocycles. The van der Waals surface area contributed by atoms with Gasteiger partial charge in [0, 0.05) is 12.1 Å². The number of nitrogens with zero attached hydrogens (tertiary/aromatic N) is 2. The van der Waals surface area contributed by atoms with Gasteiger partial charge in [-0.15, -0.1) is 0 Å². The second-order valence-corrected chi connectivity index (χ2v) is 6.55. The molecule has 0 aliphatic heterocycles. The van der Waals surface area contributed by atoms with Crippen molar-refractivity contribution in [2.24, 2.45) is 0 Å². The molecule has 0 atom stereocenters.